The average molecular weight is 278 g/mol. The van der Waals surface area contributed by atoms with E-state index >= 15 is 0 Å². The number of aliphatic carboxylic acids is 1. The van der Waals surface area contributed by atoms with E-state index in [1.165, 1.54) is 12.1 Å². The van der Waals surface area contributed by atoms with Gasteiger partial charge in [0.1, 0.15) is 0 Å². The number of rotatable bonds is 8. The molecule has 0 aliphatic heterocycles. The van der Waals surface area contributed by atoms with Crippen LogP contribution in [-0.4, -0.2) is 29.1 Å². The fraction of sp³-hybridized carbons (Fsp3) is 0.357. The summed E-state index contributed by atoms with van der Waals surface area (Å²) in [5, 5.41) is 22.4. The summed E-state index contributed by atoms with van der Waals surface area (Å²) in [6.07, 6.45) is 2.90. The van der Waals surface area contributed by atoms with Crippen molar-refractivity contribution in [3.05, 3.63) is 51.6 Å². The number of non-ortho nitro benzene ring substituents is 1. The van der Waals surface area contributed by atoms with E-state index in [1.54, 1.807) is 25.1 Å². The van der Waals surface area contributed by atoms with Crippen molar-refractivity contribution in [1.82, 2.24) is 5.32 Å². The maximum atomic E-state index is 10.8. The first-order chi connectivity index (χ1) is 9.54. The number of nitro benzene ring substituents is 1. The van der Waals surface area contributed by atoms with Gasteiger partial charge in [0, 0.05) is 24.3 Å². The van der Waals surface area contributed by atoms with E-state index < -0.39 is 10.9 Å². The van der Waals surface area contributed by atoms with E-state index in [4.69, 9.17) is 5.11 Å². The Labute approximate surface area is 117 Å². The molecule has 0 saturated carbocycles. The number of carboxylic acid groups (broad SMARTS) is 1. The van der Waals surface area contributed by atoms with Gasteiger partial charge in [0.25, 0.3) is 5.69 Å². The Kier molecular flexibility index (Phi) is 6.39. The van der Waals surface area contributed by atoms with Gasteiger partial charge in [0.15, 0.2) is 0 Å². The van der Waals surface area contributed by atoms with Crippen molar-refractivity contribution in [3.8, 4) is 0 Å². The van der Waals surface area contributed by atoms with Crippen LogP contribution in [0.25, 0.3) is 0 Å². The van der Waals surface area contributed by atoms with Gasteiger partial charge in [-0.1, -0.05) is 25.1 Å². The van der Waals surface area contributed by atoms with Crippen LogP contribution in [0.3, 0.4) is 0 Å². The highest BCUT2D eigenvalue weighted by Crippen LogP contribution is 2.11. The van der Waals surface area contributed by atoms with Crippen LogP contribution < -0.4 is 5.32 Å². The van der Waals surface area contributed by atoms with E-state index in [0.29, 0.717) is 25.1 Å². The lowest BCUT2D eigenvalue weighted by Crippen LogP contribution is -2.18. The summed E-state index contributed by atoms with van der Waals surface area (Å²) in [6.45, 7) is 2.99. The van der Waals surface area contributed by atoms with Crippen LogP contribution in [0.4, 0.5) is 5.69 Å². The summed E-state index contributed by atoms with van der Waals surface area (Å²) in [5.74, 6) is -0.885. The number of nitrogens with one attached hydrogen (secondary N) is 1. The number of carbonyl (C=O) groups is 1. The highest BCUT2D eigenvalue weighted by molar-refractivity contribution is 5.86. The minimum absolute atomic E-state index is 0.0821. The number of hydrogen-bond acceptors (Lipinski definition) is 4. The Balaban J connectivity index is 2.34. The predicted molar refractivity (Wildman–Crippen MR) is 75.7 cm³/mol. The van der Waals surface area contributed by atoms with Gasteiger partial charge in [-0.3, -0.25) is 10.1 Å². The SMILES string of the molecule is CC/C(=C/CNCCc1ccc([N+](=O)[O-])cc1)C(=O)O. The molecular weight excluding hydrogens is 260 g/mol. The van der Waals surface area contributed by atoms with Gasteiger partial charge in [-0.15, -0.1) is 0 Å². The third kappa shape index (κ3) is 5.19. The zero-order valence-electron chi connectivity index (χ0n) is 11.3. The second-order valence-corrected chi connectivity index (χ2v) is 4.27. The smallest absolute Gasteiger partial charge is 0.331 e. The molecule has 6 nitrogen and oxygen atoms in total. The van der Waals surface area contributed by atoms with Crippen molar-refractivity contribution in [3.63, 3.8) is 0 Å². The van der Waals surface area contributed by atoms with Gasteiger partial charge in [-0.2, -0.15) is 0 Å². The molecule has 0 spiro atoms. The first kappa shape index (κ1) is 15.8. The molecule has 1 aromatic carbocycles. The van der Waals surface area contributed by atoms with E-state index in [2.05, 4.69) is 5.32 Å². The molecule has 108 valence electrons. The normalized spacial score (nSPS) is 11.3. The minimum atomic E-state index is -0.885. The number of carboxylic acids is 1. The first-order valence-corrected chi connectivity index (χ1v) is 6.41. The average Bonchev–Trinajstić information content (AvgIpc) is 2.42. The van der Waals surface area contributed by atoms with Gasteiger partial charge >= 0.3 is 5.97 Å². The molecule has 0 aromatic heterocycles. The summed E-state index contributed by atoms with van der Waals surface area (Å²) in [6, 6.07) is 6.42. The largest absolute Gasteiger partial charge is 0.478 e. The zero-order chi connectivity index (χ0) is 15.0. The van der Waals surface area contributed by atoms with Gasteiger partial charge in [0.2, 0.25) is 0 Å². The lowest BCUT2D eigenvalue weighted by atomic mass is 10.1. The number of hydrogen-bond donors (Lipinski definition) is 2. The summed E-state index contributed by atoms with van der Waals surface area (Å²) in [5.41, 5.74) is 1.48. The molecule has 20 heavy (non-hydrogen) atoms. The van der Waals surface area contributed by atoms with Crippen LogP contribution >= 0.6 is 0 Å². The molecule has 0 radical (unpaired) electrons. The van der Waals surface area contributed by atoms with Crippen LogP contribution in [0.15, 0.2) is 35.9 Å². The van der Waals surface area contributed by atoms with E-state index in [-0.39, 0.29) is 5.69 Å². The van der Waals surface area contributed by atoms with Gasteiger partial charge in [0.05, 0.1) is 4.92 Å². The quantitative estimate of drug-likeness (QED) is 0.329. The summed E-state index contributed by atoms with van der Waals surface area (Å²) in [7, 11) is 0. The standard InChI is InChI=1S/C14H18N2O4/c1-2-12(14(17)18)8-10-15-9-7-11-3-5-13(6-4-11)16(19)20/h3-6,8,15H,2,7,9-10H2,1H3,(H,17,18)/b12-8-. The van der Waals surface area contributed by atoms with E-state index in [1.807, 2.05) is 0 Å². The van der Waals surface area contributed by atoms with Crippen molar-refractivity contribution in [2.45, 2.75) is 19.8 Å². The summed E-state index contributed by atoms with van der Waals surface area (Å²) >= 11 is 0. The van der Waals surface area contributed by atoms with Crippen molar-refractivity contribution < 1.29 is 14.8 Å². The molecule has 0 amide bonds. The fourth-order valence-electron chi connectivity index (χ4n) is 1.70. The molecular formula is C14H18N2O4. The number of benzene rings is 1. The van der Waals surface area contributed by atoms with Crippen LogP contribution in [0.5, 0.6) is 0 Å². The minimum Gasteiger partial charge on any atom is -0.478 e. The Morgan fingerprint density at radius 3 is 2.55 bits per heavy atom. The second-order valence-electron chi connectivity index (χ2n) is 4.27. The number of nitro groups is 1. The van der Waals surface area contributed by atoms with Crippen molar-refractivity contribution >= 4 is 11.7 Å². The molecule has 0 saturated heterocycles. The Morgan fingerprint density at radius 2 is 2.05 bits per heavy atom. The highest BCUT2D eigenvalue weighted by Gasteiger charge is 2.04. The third-order valence-electron chi connectivity index (χ3n) is 2.89. The van der Waals surface area contributed by atoms with Gasteiger partial charge < -0.3 is 10.4 Å². The first-order valence-electron chi connectivity index (χ1n) is 6.41. The Hall–Kier alpha value is -2.21. The van der Waals surface area contributed by atoms with Gasteiger partial charge in [-0.25, -0.2) is 4.79 Å². The molecule has 1 rings (SSSR count). The molecule has 0 aliphatic carbocycles. The molecule has 1 aromatic rings. The molecule has 0 atom stereocenters. The summed E-state index contributed by atoms with van der Waals surface area (Å²) < 4.78 is 0. The lowest BCUT2D eigenvalue weighted by Gasteiger charge is -2.03. The summed E-state index contributed by atoms with van der Waals surface area (Å²) in [4.78, 5) is 20.8. The fourth-order valence-corrected chi connectivity index (χ4v) is 1.70. The topological polar surface area (TPSA) is 92.5 Å². The molecule has 6 heteroatoms. The molecule has 0 fully saturated rings. The number of nitrogens with zero attached hydrogens (tertiary/aromatic N) is 1. The molecule has 2 N–H and O–H groups in total. The predicted octanol–water partition coefficient (Wildman–Crippen LogP) is 2.15. The van der Waals surface area contributed by atoms with Crippen molar-refractivity contribution in [1.29, 1.82) is 0 Å². The van der Waals surface area contributed by atoms with Crippen molar-refractivity contribution in [2.75, 3.05) is 13.1 Å². The van der Waals surface area contributed by atoms with Crippen LogP contribution in [0, 0.1) is 10.1 Å². The zero-order valence-corrected chi connectivity index (χ0v) is 11.3. The second kappa shape index (κ2) is 8.06. The maximum absolute atomic E-state index is 10.8. The van der Waals surface area contributed by atoms with E-state index in [9.17, 15) is 14.9 Å². The third-order valence-corrected chi connectivity index (χ3v) is 2.89. The Morgan fingerprint density at radius 1 is 1.40 bits per heavy atom. The molecule has 0 bridgehead atoms. The van der Waals surface area contributed by atoms with Crippen LogP contribution in [0.2, 0.25) is 0 Å². The molecule has 0 unspecified atom stereocenters. The van der Waals surface area contributed by atoms with Gasteiger partial charge in [-0.05, 0) is 24.9 Å². The molecule has 0 aliphatic rings. The monoisotopic (exact) mass is 278 g/mol. The van der Waals surface area contributed by atoms with Crippen LogP contribution in [-0.2, 0) is 11.2 Å². The molecule has 0 heterocycles. The Bertz CT molecular complexity index is 494. The lowest BCUT2D eigenvalue weighted by molar-refractivity contribution is -0.384. The highest BCUT2D eigenvalue weighted by atomic mass is 16.6. The van der Waals surface area contributed by atoms with E-state index in [0.717, 1.165) is 12.0 Å². The van der Waals surface area contributed by atoms with Crippen LogP contribution in [0.1, 0.15) is 18.9 Å². The maximum Gasteiger partial charge on any atom is 0.331 e. The van der Waals surface area contributed by atoms with Crippen molar-refractivity contribution in [2.24, 2.45) is 0 Å².